The minimum atomic E-state index is -0.330. The van der Waals surface area contributed by atoms with Crippen molar-refractivity contribution in [3.8, 4) is 0 Å². The van der Waals surface area contributed by atoms with Gasteiger partial charge in [-0.25, -0.2) is 4.98 Å². The molecule has 5 rings (SSSR count). The zero-order valence-corrected chi connectivity index (χ0v) is 17.7. The Hall–Kier alpha value is -1.96. The first kappa shape index (κ1) is 20.3. The number of anilines is 1. The van der Waals surface area contributed by atoms with Gasteiger partial charge in [0.25, 0.3) is 0 Å². The number of aromatic nitrogens is 1. The second kappa shape index (κ2) is 8.42. The van der Waals surface area contributed by atoms with Gasteiger partial charge in [0.2, 0.25) is 11.8 Å². The van der Waals surface area contributed by atoms with Gasteiger partial charge in [-0.3, -0.25) is 14.4 Å². The van der Waals surface area contributed by atoms with Crippen molar-refractivity contribution in [2.45, 2.75) is 58.3 Å². The van der Waals surface area contributed by atoms with Crippen molar-refractivity contribution in [3.05, 3.63) is 11.1 Å². The van der Waals surface area contributed by atoms with E-state index < -0.39 is 0 Å². The molecule has 1 aromatic rings. The third-order valence-corrected chi connectivity index (χ3v) is 7.39. The SMILES string of the molecule is CCOC(=O)Cc1csc(NC(=O)CCNC(=O)C23CC4CC(CC(C4)C2)C3)n1. The van der Waals surface area contributed by atoms with Crippen molar-refractivity contribution < 1.29 is 19.1 Å². The maximum absolute atomic E-state index is 12.9. The average molecular weight is 420 g/mol. The van der Waals surface area contributed by atoms with Crippen LogP contribution in [0.4, 0.5) is 5.13 Å². The van der Waals surface area contributed by atoms with Crippen LogP contribution >= 0.6 is 11.3 Å². The van der Waals surface area contributed by atoms with Crippen LogP contribution in [0.3, 0.4) is 0 Å². The summed E-state index contributed by atoms with van der Waals surface area (Å²) in [6.07, 6.45) is 7.31. The first-order valence-corrected chi connectivity index (χ1v) is 11.5. The van der Waals surface area contributed by atoms with Crippen LogP contribution in [0.15, 0.2) is 5.38 Å². The molecule has 1 heterocycles. The fraction of sp³-hybridized carbons (Fsp3) is 0.714. The van der Waals surface area contributed by atoms with Gasteiger partial charge in [-0.05, 0) is 63.2 Å². The first-order chi connectivity index (χ1) is 14.0. The maximum atomic E-state index is 12.9. The number of amides is 2. The lowest BCUT2D eigenvalue weighted by Gasteiger charge is -2.55. The van der Waals surface area contributed by atoms with Crippen LogP contribution < -0.4 is 10.6 Å². The van der Waals surface area contributed by atoms with Crippen LogP contribution in [-0.2, 0) is 25.5 Å². The van der Waals surface area contributed by atoms with Crippen LogP contribution in [0, 0.1) is 23.2 Å². The lowest BCUT2D eigenvalue weighted by molar-refractivity contribution is -0.146. The van der Waals surface area contributed by atoms with Gasteiger partial charge in [0, 0.05) is 23.8 Å². The standard InChI is InChI=1S/C21H29N3O4S/c1-2-28-18(26)8-16-12-29-20(23-16)24-17(25)3-4-22-19(27)21-9-13-5-14(10-21)7-15(6-13)11-21/h12-15H,2-11H2,1H3,(H,22,27)(H,23,24,25). The summed E-state index contributed by atoms with van der Waals surface area (Å²) < 4.78 is 4.90. The molecule has 4 fully saturated rings. The minimum Gasteiger partial charge on any atom is -0.466 e. The number of carbonyl (C=O) groups is 3. The molecule has 158 valence electrons. The van der Waals surface area contributed by atoms with Crippen molar-refractivity contribution in [1.82, 2.24) is 10.3 Å². The Labute approximate surface area is 175 Å². The molecule has 4 bridgehead atoms. The summed E-state index contributed by atoms with van der Waals surface area (Å²) in [7, 11) is 0. The van der Waals surface area contributed by atoms with Crippen molar-refractivity contribution in [1.29, 1.82) is 0 Å². The molecule has 0 unspecified atom stereocenters. The highest BCUT2D eigenvalue weighted by atomic mass is 32.1. The molecule has 2 N–H and O–H groups in total. The number of hydrogen-bond acceptors (Lipinski definition) is 6. The predicted octanol–water partition coefficient (Wildman–Crippen LogP) is 2.91. The van der Waals surface area contributed by atoms with Crippen molar-refractivity contribution in [2.24, 2.45) is 23.2 Å². The van der Waals surface area contributed by atoms with Gasteiger partial charge in [0.1, 0.15) is 0 Å². The molecule has 4 aliphatic rings. The molecule has 8 heteroatoms. The van der Waals surface area contributed by atoms with Gasteiger partial charge in [0.15, 0.2) is 5.13 Å². The first-order valence-electron chi connectivity index (χ1n) is 10.6. The van der Waals surface area contributed by atoms with Crippen LogP contribution in [0.1, 0.15) is 57.6 Å². The molecular formula is C21H29N3O4S. The highest BCUT2D eigenvalue weighted by Gasteiger charge is 2.54. The summed E-state index contributed by atoms with van der Waals surface area (Å²) in [6.45, 7) is 2.43. The van der Waals surface area contributed by atoms with Crippen molar-refractivity contribution in [3.63, 3.8) is 0 Å². The Kier molecular flexibility index (Phi) is 5.90. The van der Waals surface area contributed by atoms with Crippen LogP contribution in [0.5, 0.6) is 0 Å². The summed E-state index contributed by atoms with van der Waals surface area (Å²) in [5.41, 5.74) is 0.404. The molecule has 4 saturated carbocycles. The van der Waals surface area contributed by atoms with Gasteiger partial charge in [0.05, 0.1) is 18.7 Å². The largest absolute Gasteiger partial charge is 0.466 e. The van der Waals surface area contributed by atoms with Crippen LogP contribution in [-0.4, -0.2) is 35.9 Å². The maximum Gasteiger partial charge on any atom is 0.311 e. The zero-order valence-electron chi connectivity index (χ0n) is 16.9. The van der Waals surface area contributed by atoms with Crippen molar-refractivity contribution in [2.75, 3.05) is 18.5 Å². The fourth-order valence-electron chi connectivity index (χ4n) is 5.85. The Balaban J connectivity index is 1.21. The second-order valence-electron chi connectivity index (χ2n) is 8.88. The number of thiazole rings is 1. The quantitative estimate of drug-likeness (QED) is 0.632. The van der Waals surface area contributed by atoms with Crippen LogP contribution in [0.25, 0.3) is 0 Å². The fourth-order valence-corrected chi connectivity index (χ4v) is 6.58. The van der Waals surface area contributed by atoms with Gasteiger partial charge in [-0.2, -0.15) is 0 Å². The number of rotatable bonds is 8. The Bertz CT molecular complexity index is 755. The molecule has 1 aromatic heterocycles. The van der Waals surface area contributed by atoms with Crippen LogP contribution in [0.2, 0.25) is 0 Å². The summed E-state index contributed by atoms with van der Waals surface area (Å²) in [5, 5.41) is 7.96. The van der Waals surface area contributed by atoms with Gasteiger partial charge < -0.3 is 15.4 Å². The van der Waals surface area contributed by atoms with E-state index in [1.165, 1.54) is 30.6 Å². The summed E-state index contributed by atoms with van der Waals surface area (Å²) in [6, 6.07) is 0. The Morgan fingerprint density at radius 2 is 1.83 bits per heavy atom. The van der Waals surface area contributed by atoms with E-state index in [4.69, 9.17) is 4.74 Å². The Morgan fingerprint density at radius 3 is 2.45 bits per heavy atom. The highest BCUT2D eigenvalue weighted by Crippen LogP contribution is 2.60. The second-order valence-corrected chi connectivity index (χ2v) is 9.74. The highest BCUT2D eigenvalue weighted by molar-refractivity contribution is 7.13. The topological polar surface area (TPSA) is 97.4 Å². The molecule has 4 aliphatic carbocycles. The molecular weight excluding hydrogens is 390 g/mol. The molecule has 7 nitrogen and oxygen atoms in total. The van der Waals surface area contributed by atoms with E-state index in [0.717, 1.165) is 37.0 Å². The van der Waals surface area contributed by atoms with Crippen molar-refractivity contribution >= 4 is 34.3 Å². The molecule has 29 heavy (non-hydrogen) atoms. The molecule has 0 aromatic carbocycles. The smallest absolute Gasteiger partial charge is 0.311 e. The summed E-state index contributed by atoms with van der Waals surface area (Å²) in [4.78, 5) is 40.8. The zero-order chi connectivity index (χ0) is 20.4. The number of ether oxygens (including phenoxy) is 1. The predicted molar refractivity (Wildman–Crippen MR) is 109 cm³/mol. The lowest BCUT2D eigenvalue weighted by atomic mass is 9.49. The molecule has 0 atom stereocenters. The number of nitrogens with one attached hydrogen (secondary N) is 2. The number of carbonyl (C=O) groups excluding carboxylic acids is 3. The lowest BCUT2D eigenvalue weighted by Crippen LogP contribution is -2.53. The van der Waals surface area contributed by atoms with E-state index in [2.05, 4.69) is 15.6 Å². The normalized spacial score (nSPS) is 29.5. The van der Waals surface area contributed by atoms with E-state index in [1.807, 2.05) is 0 Å². The third-order valence-electron chi connectivity index (χ3n) is 6.59. The number of esters is 1. The summed E-state index contributed by atoms with van der Waals surface area (Å²) in [5.74, 6) is 1.81. The minimum absolute atomic E-state index is 0.0985. The van der Waals surface area contributed by atoms with E-state index in [1.54, 1.807) is 12.3 Å². The van der Waals surface area contributed by atoms with E-state index in [0.29, 0.717) is 24.0 Å². The van der Waals surface area contributed by atoms with Gasteiger partial charge >= 0.3 is 5.97 Å². The number of nitrogens with zero attached hydrogens (tertiary/aromatic N) is 1. The van der Waals surface area contributed by atoms with E-state index in [-0.39, 0.29) is 36.0 Å². The Morgan fingerprint density at radius 1 is 1.17 bits per heavy atom. The molecule has 0 saturated heterocycles. The van der Waals surface area contributed by atoms with E-state index >= 15 is 0 Å². The monoisotopic (exact) mass is 419 g/mol. The van der Waals surface area contributed by atoms with Gasteiger partial charge in [-0.1, -0.05) is 0 Å². The molecule has 0 aliphatic heterocycles. The number of hydrogen-bond donors (Lipinski definition) is 2. The molecule has 0 radical (unpaired) electrons. The van der Waals surface area contributed by atoms with E-state index in [9.17, 15) is 14.4 Å². The average Bonchev–Trinajstić information content (AvgIpc) is 3.07. The third kappa shape index (κ3) is 4.63. The summed E-state index contributed by atoms with van der Waals surface area (Å²) >= 11 is 1.28. The molecule has 2 amide bonds. The molecule has 0 spiro atoms. The van der Waals surface area contributed by atoms with Gasteiger partial charge in [-0.15, -0.1) is 11.3 Å².